The first-order chi connectivity index (χ1) is 11.7. The van der Waals surface area contributed by atoms with E-state index >= 15 is 0 Å². The zero-order valence-electron chi connectivity index (χ0n) is 13.9. The predicted molar refractivity (Wildman–Crippen MR) is 96.6 cm³/mol. The third-order valence-electron chi connectivity index (χ3n) is 4.16. The van der Waals surface area contributed by atoms with Crippen molar-refractivity contribution in [1.29, 1.82) is 0 Å². The third kappa shape index (κ3) is 5.04. The first-order valence-corrected chi connectivity index (χ1v) is 9.18. The number of benzene rings is 1. The summed E-state index contributed by atoms with van der Waals surface area (Å²) >= 11 is 1.51. The molecule has 1 aliphatic heterocycles. The van der Waals surface area contributed by atoms with Crippen LogP contribution in [0.25, 0.3) is 0 Å². The molecular formula is C18H23N3O2S. The van der Waals surface area contributed by atoms with E-state index < -0.39 is 0 Å². The van der Waals surface area contributed by atoms with Crippen molar-refractivity contribution in [3.63, 3.8) is 0 Å². The van der Waals surface area contributed by atoms with Crippen molar-refractivity contribution in [2.75, 3.05) is 31.6 Å². The van der Waals surface area contributed by atoms with Crippen LogP contribution in [0.1, 0.15) is 18.4 Å². The van der Waals surface area contributed by atoms with Crippen LogP contribution in [0.4, 0.5) is 5.69 Å². The van der Waals surface area contributed by atoms with Crippen LogP contribution >= 0.6 is 11.3 Å². The van der Waals surface area contributed by atoms with E-state index in [-0.39, 0.29) is 5.91 Å². The van der Waals surface area contributed by atoms with Gasteiger partial charge in [0.05, 0.1) is 13.2 Å². The molecule has 0 bridgehead atoms. The Kier molecular flexibility index (Phi) is 5.82. The van der Waals surface area contributed by atoms with Crippen molar-refractivity contribution >= 4 is 22.9 Å². The molecule has 6 heteroatoms. The summed E-state index contributed by atoms with van der Waals surface area (Å²) in [7, 11) is 0. The fourth-order valence-corrected chi connectivity index (χ4v) is 3.44. The number of ether oxygens (including phenoxy) is 1. The van der Waals surface area contributed by atoms with Gasteiger partial charge in [-0.05, 0) is 38.4 Å². The van der Waals surface area contributed by atoms with Gasteiger partial charge in [0.15, 0.2) is 0 Å². The quantitative estimate of drug-likeness (QED) is 0.874. The number of aryl methyl sites for hydroxylation is 1. The Bertz CT molecular complexity index is 643. The predicted octanol–water partition coefficient (Wildman–Crippen LogP) is 3.18. The Morgan fingerprint density at radius 1 is 1.42 bits per heavy atom. The zero-order chi connectivity index (χ0) is 16.8. The number of hydrogen-bond acceptors (Lipinski definition) is 5. The van der Waals surface area contributed by atoms with Gasteiger partial charge in [0.25, 0.3) is 5.19 Å². The maximum Gasteiger partial charge on any atom is 0.273 e. The van der Waals surface area contributed by atoms with Crippen LogP contribution in [0.2, 0.25) is 0 Å². The number of likely N-dealkylation sites (tertiary alicyclic amines) is 1. The second-order valence-electron chi connectivity index (χ2n) is 6.27. The minimum absolute atomic E-state index is 0.0420. The SMILES string of the molecule is Cc1ccc(NC(=O)CN2CCCC(COc3nccs3)C2)cc1. The maximum atomic E-state index is 12.2. The van der Waals surface area contributed by atoms with Crippen molar-refractivity contribution in [3.05, 3.63) is 41.4 Å². The Hall–Kier alpha value is -1.92. The highest BCUT2D eigenvalue weighted by Gasteiger charge is 2.22. The topological polar surface area (TPSA) is 54.5 Å². The number of thiazole rings is 1. The number of aromatic nitrogens is 1. The molecule has 3 rings (SSSR count). The van der Waals surface area contributed by atoms with Gasteiger partial charge in [-0.2, -0.15) is 0 Å². The van der Waals surface area contributed by atoms with E-state index in [0.29, 0.717) is 19.1 Å². The molecule has 128 valence electrons. The van der Waals surface area contributed by atoms with Crippen LogP contribution in [-0.4, -0.2) is 42.0 Å². The minimum Gasteiger partial charge on any atom is -0.470 e. The number of nitrogens with one attached hydrogen (secondary N) is 1. The third-order valence-corrected chi connectivity index (χ3v) is 4.84. The first-order valence-electron chi connectivity index (χ1n) is 8.30. The molecular weight excluding hydrogens is 322 g/mol. The Morgan fingerprint density at radius 2 is 2.25 bits per heavy atom. The van der Waals surface area contributed by atoms with E-state index in [1.165, 1.54) is 16.9 Å². The molecule has 1 unspecified atom stereocenters. The zero-order valence-corrected chi connectivity index (χ0v) is 14.7. The second-order valence-corrected chi connectivity index (χ2v) is 7.12. The number of nitrogens with zero attached hydrogens (tertiary/aromatic N) is 2. The lowest BCUT2D eigenvalue weighted by Gasteiger charge is -2.31. The summed E-state index contributed by atoms with van der Waals surface area (Å²) in [5, 5.41) is 5.61. The lowest BCUT2D eigenvalue weighted by Crippen LogP contribution is -2.42. The summed E-state index contributed by atoms with van der Waals surface area (Å²) in [6, 6.07) is 7.88. The summed E-state index contributed by atoms with van der Waals surface area (Å²) in [6.07, 6.45) is 3.99. The molecule has 1 saturated heterocycles. The average Bonchev–Trinajstić information content (AvgIpc) is 3.09. The first kappa shape index (κ1) is 16.9. The van der Waals surface area contributed by atoms with Gasteiger partial charge in [0, 0.05) is 29.7 Å². The average molecular weight is 345 g/mol. The van der Waals surface area contributed by atoms with Crippen LogP contribution < -0.4 is 10.1 Å². The number of piperidine rings is 1. The molecule has 0 spiro atoms. The van der Waals surface area contributed by atoms with Crippen LogP contribution in [0, 0.1) is 12.8 Å². The van der Waals surface area contributed by atoms with E-state index in [2.05, 4.69) is 15.2 Å². The van der Waals surface area contributed by atoms with Crippen LogP contribution in [0.5, 0.6) is 5.19 Å². The fourth-order valence-electron chi connectivity index (χ4n) is 2.94. The number of carbonyl (C=O) groups is 1. The molecule has 0 aliphatic carbocycles. The highest BCUT2D eigenvalue weighted by atomic mass is 32.1. The number of rotatable bonds is 6. The molecule has 2 heterocycles. The molecule has 0 saturated carbocycles. The van der Waals surface area contributed by atoms with E-state index in [9.17, 15) is 4.79 Å². The fraction of sp³-hybridized carbons (Fsp3) is 0.444. The molecule has 1 amide bonds. The van der Waals surface area contributed by atoms with Crippen LogP contribution in [-0.2, 0) is 4.79 Å². The van der Waals surface area contributed by atoms with Gasteiger partial charge >= 0.3 is 0 Å². The lowest BCUT2D eigenvalue weighted by atomic mass is 9.99. The molecule has 1 N–H and O–H groups in total. The van der Waals surface area contributed by atoms with Gasteiger partial charge in [0.1, 0.15) is 0 Å². The smallest absolute Gasteiger partial charge is 0.273 e. The van der Waals surface area contributed by atoms with Gasteiger partial charge in [-0.1, -0.05) is 29.0 Å². The van der Waals surface area contributed by atoms with Gasteiger partial charge in [0.2, 0.25) is 5.91 Å². The maximum absolute atomic E-state index is 12.2. The lowest BCUT2D eigenvalue weighted by molar-refractivity contribution is -0.117. The summed E-state index contributed by atoms with van der Waals surface area (Å²) < 4.78 is 5.73. The normalized spacial score (nSPS) is 18.3. The molecule has 1 aliphatic rings. The van der Waals surface area contributed by atoms with E-state index in [1.807, 2.05) is 36.6 Å². The van der Waals surface area contributed by atoms with E-state index in [0.717, 1.165) is 36.8 Å². The molecule has 24 heavy (non-hydrogen) atoms. The highest BCUT2D eigenvalue weighted by molar-refractivity contribution is 7.11. The van der Waals surface area contributed by atoms with Crippen molar-refractivity contribution in [2.45, 2.75) is 19.8 Å². The summed E-state index contributed by atoms with van der Waals surface area (Å²) in [6.45, 7) is 5.00. The monoisotopic (exact) mass is 345 g/mol. The highest BCUT2D eigenvalue weighted by Crippen LogP contribution is 2.20. The number of carbonyl (C=O) groups excluding carboxylic acids is 1. The molecule has 5 nitrogen and oxygen atoms in total. The van der Waals surface area contributed by atoms with Gasteiger partial charge in [-0.15, -0.1) is 0 Å². The van der Waals surface area contributed by atoms with Crippen molar-refractivity contribution in [3.8, 4) is 5.19 Å². The van der Waals surface area contributed by atoms with Gasteiger partial charge in [-0.3, -0.25) is 9.69 Å². The Balaban J connectivity index is 1.44. The van der Waals surface area contributed by atoms with Crippen molar-refractivity contribution < 1.29 is 9.53 Å². The van der Waals surface area contributed by atoms with Gasteiger partial charge in [-0.25, -0.2) is 4.98 Å². The summed E-state index contributed by atoms with van der Waals surface area (Å²) in [5.41, 5.74) is 2.04. The van der Waals surface area contributed by atoms with Crippen molar-refractivity contribution in [1.82, 2.24) is 9.88 Å². The molecule has 0 radical (unpaired) electrons. The second kappa shape index (κ2) is 8.26. The number of hydrogen-bond donors (Lipinski definition) is 1. The Labute approximate surface area is 146 Å². The largest absolute Gasteiger partial charge is 0.470 e. The molecule has 1 atom stereocenters. The standard InChI is InChI=1S/C18H23N3O2S/c1-14-4-6-16(7-5-14)20-17(22)12-21-9-2-3-15(11-21)13-23-18-19-8-10-24-18/h4-8,10,15H,2-3,9,11-13H2,1H3,(H,20,22). The minimum atomic E-state index is 0.0420. The molecule has 1 aromatic heterocycles. The van der Waals surface area contributed by atoms with E-state index in [4.69, 9.17) is 4.74 Å². The number of anilines is 1. The number of amides is 1. The molecule has 2 aromatic rings. The molecule has 1 aromatic carbocycles. The van der Waals surface area contributed by atoms with Crippen LogP contribution in [0.15, 0.2) is 35.8 Å². The summed E-state index contributed by atoms with van der Waals surface area (Å²) in [5.74, 6) is 0.496. The van der Waals surface area contributed by atoms with Crippen molar-refractivity contribution in [2.24, 2.45) is 5.92 Å². The molecule has 1 fully saturated rings. The van der Waals surface area contributed by atoms with Crippen LogP contribution in [0.3, 0.4) is 0 Å². The van der Waals surface area contributed by atoms with E-state index in [1.54, 1.807) is 6.20 Å². The summed E-state index contributed by atoms with van der Waals surface area (Å²) in [4.78, 5) is 18.6. The van der Waals surface area contributed by atoms with Gasteiger partial charge < -0.3 is 10.1 Å². The Morgan fingerprint density at radius 3 is 3.00 bits per heavy atom.